The normalized spacial score (nSPS) is 10.5. The first-order chi connectivity index (χ1) is 9.19. The van der Waals surface area contributed by atoms with E-state index in [1.54, 1.807) is 19.4 Å². The standard InChI is InChI=1S/C14H14ClFN2O/c1-19-14-6-10(4-5-18-14)8-17-9-11-7-12(16)2-3-13(11)15/h2-7,17H,8-9H2,1H3. The maximum Gasteiger partial charge on any atom is 0.213 e. The number of nitrogens with zero attached hydrogens (tertiary/aromatic N) is 1. The Morgan fingerprint density at radius 3 is 2.89 bits per heavy atom. The van der Waals surface area contributed by atoms with Gasteiger partial charge < -0.3 is 10.1 Å². The van der Waals surface area contributed by atoms with Gasteiger partial charge in [-0.2, -0.15) is 0 Å². The van der Waals surface area contributed by atoms with Gasteiger partial charge in [-0.15, -0.1) is 0 Å². The average Bonchev–Trinajstić information content (AvgIpc) is 2.43. The first-order valence-electron chi connectivity index (χ1n) is 5.82. The minimum Gasteiger partial charge on any atom is -0.481 e. The number of hydrogen-bond acceptors (Lipinski definition) is 3. The molecular weight excluding hydrogens is 267 g/mol. The molecule has 2 rings (SSSR count). The lowest BCUT2D eigenvalue weighted by Gasteiger charge is -2.08. The van der Waals surface area contributed by atoms with Gasteiger partial charge in [-0.1, -0.05) is 11.6 Å². The Labute approximate surface area is 116 Å². The lowest BCUT2D eigenvalue weighted by Crippen LogP contribution is -2.13. The van der Waals surface area contributed by atoms with Gasteiger partial charge in [0.1, 0.15) is 5.82 Å². The van der Waals surface area contributed by atoms with Gasteiger partial charge in [0.15, 0.2) is 0 Å². The molecule has 0 aliphatic heterocycles. The third-order valence-corrected chi connectivity index (χ3v) is 3.03. The number of rotatable bonds is 5. The van der Waals surface area contributed by atoms with Crippen LogP contribution in [0.3, 0.4) is 0 Å². The van der Waals surface area contributed by atoms with Crippen LogP contribution in [0.4, 0.5) is 4.39 Å². The van der Waals surface area contributed by atoms with Crippen LogP contribution in [0.25, 0.3) is 0 Å². The minimum atomic E-state index is -0.285. The Bertz CT molecular complexity index is 563. The molecule has 1 heterocycles. The van der Waals surface area contributed by atoms with Gasteiger partial charge in [-0.3, -0.25) is 0 Å². The van der Waals surface area contributed by atoms with Gasteiger partial charge in [0.25, 0.3) is 0 Å². The summed E-state index contributed by atoms with van der Waals surface area (Å²) in [5.41, 5.74) is 1.78. The summed E-state index contributed by atoms with van der Waals surface area (Å²) in [5.74, 6) is 0.287. The zero-order valence-electron chi connectivity index (χ0n) is 10.5. The first-order valence-corrected chi connectivity index (χ1v) is 6.20. The van der Waals surface area contributed by atoms with Crippen molar-refractivity contribution in [3.05, 3.63) is 58.5 Å². The molecule has 3 nitrogen and oxygen atoms in total. The molecule has 2 aromatic rings. The molecule has 0 amide bonds. The van der Waals surface area contributed by atoms with Crippen LogP contribution in [0.15, 0.2) is 36.5 Å². The highest BCUT2D eigenvalue weighted by molar-refractivity contribution is 6.31. The molecule has 0 fully saturated rings. The summed E-state index contributed by atoms with van der Waals surface area (Å²) < 4.78 is 18.1. The summed E-state index contributed by atoms with van der Waals surface area (Å²) in [6.45, 7) is 1.13. The zero-order chi connectivity index (χ0) is 13.7. The predicted octanol–water partition coefficient (Wildman–Crippen LogP) is 3.17. The third kappa shape index (κ3) is 3.91. The molecule has 0 atom stereocenters. The van der Waals surface area contributed by atoms with E-state index in [0.717, 1.165) is 11.1 Å². The van der Waals surface area contributed by atoms with Crippen molar-refractivity contribution in [3.63, 3.8) is 0 Å². The van der Waals surface area contributed by atoms with Crippen molar-refractivity contribution in [1.29, 1.82) is 0 Å². The van der Waals surface area contributed by atoms with E-state index in [0.29, 0.717) is 24.0 Å². The lowest BCUT2D eigenvalue weighted by molar-refractivity contribution is 0.397. The van der Waals surface area contributed by atoms with Gasteiger partial charge in [-0.25, -0.2) is 9.37 Å². The second-order valence-electron chi connectivity index (χ2n) is 4.05. The maximum absolute atomic E-state index is 13.1. The van der Waals surface area contributed by atoms with Crippen LogP contribution < -0.4 is 10.1 Å². The molecule has 19 heavy (non-hydrogen) atoms. The van der Waals surface area contributed by atoms with E-state index >= 15 is 0 Å². The molecular formula is C14H14ClFN2O. The SMILES string of the molecule is COc1cc(CNCc2cc(F)ccc2Cl)ccn1. The van der Waals surface area contributed by atoms with E-state index in [9.17, 15) is 4.39 Å². The van der Waals surface area contributed by atoms with E-state index in [1.807, 2.05) is 12.1 Å². The number of aromatic nitrogens is 1. The molecule has 0 saturated heterocycles. The molecule has 100 valence electrons. The number of pyridine rings is 1. The smallest absolute Gasteiger partial charge is 0.213 e. The molecule has 0 aliphatic carbocycles. The number of nitrogens with one attached hydrogen (secondary N) is 1. The fourth-order valence-electron chi connectivity index (χ4n) is 1.69. The number of benzene rings is 1. The lowest BCUT2D eigenvalue weighted by atomic mass is 10.2. The topological polar surface area (TPSA) is 34.1 Å². The van der Waals surface area contributed by atoms with Crippen LogP contribution in [0, 0.1) is 5.82 Å². The van der Waals surface area contributed by atoms with Crippen molar-refractivity contribution in [1.82, 2.24) is 10.3 Å². The van der Waals surface area contributed by atoms with Gasteiger partial charge in [0.05, 0.1) is 7.11 Å². The summed E-state index contributed by atoms with van der Waals surface area (Å²) >= 11 is 5.99. The van der Waals surface area contributed by atoms with Crippen molar-refractivity contribution in [2.45, 2.75) is 13.1 Å². The first kappa shape index (κ1) is 13.8. The maximum atomic E-state index is 13.1. The van der Waals surface area contributed by atoms with Crippen molar-refractivity contribution in [2.75, 3.05) is 7.11 Å². The minimum absolute atomic E-state index is 0.285. The second-order valence-corrected chi connectivity index (χ2v) is 4.45. The van der Waals surface area contributed by atoms with Crippen LogP contribution in [-0.2, 0) is 13.1 Å². The molecule has 5 heteroatoms. The largest absolute Gasteiger partial charge is 0.481 e. The van der Waals surface area contributed by atoms with Crippen molar-refractivity contribution < 1.29 is 9.13 Å². The molecule has 1 N–H and O–H groups in total. The van der Waals surface area contributed by atoms with Gasteiger partial charge in [0.2, 0.25) is 5.88 Å². The number of halogens is 2. The summed E-state index contributed by atoms with van der Waals surface area (Å²) in [4.78, 5) is 4.03. The number of hydrogen-bond donors (Lipinski definition) is 1. The highest BCUT2D eigenvalue weighted by Gasteiger charge is 2.02. The fraction of sp³-hybridized carbons (Fsp3) is 0.214. The Kier molecular flexibility index (Phi) is 4.71. The van der Waals surface area contributed by atoms with E-state index in [1.165, 1.54) is 12.1 Å². The highest BCUT2D eigenvalue weighted by atomic mass is 35.5. The van der Waals surface area contributed by atoms with E-state index in [-0.39, 0.29) is 5.82 Å². The molecule has 1 aromatic heterocycles. The molecule has 0 radical (unpaired) electrons. The Morgan fingerprint density at radius 2 is 2.11 bits per heavy atom. The van der Waals surface area contributed by atoms with E-state index < -0.39 is 0 Å². The van der Waals surface area contributed by atoms with Crippen LogP contribution in [-0.4, -0.2) is 12.1 Å². The molecule has 0 unspecified atom stereocenters. The second kappa shape index (κ2) is 6.50. The molecule has 0 bridgehead atoms. The predicted molar refractivity (Wildman–Crippen MR) is 72.7 cm³/mol. The summed E-state index contributed by atoms with van der Waals surface area (Å²) in [7, 11) is 1.58. The number of methoxy groups -OCH3 is 1. The summed E-state index contributed by atoms with van der Waals surface area (Å²) in [6, 6.07) is 8.08. The van der Waals surface area contributed by atoms with Gasteiger partial charge in [0, 0.05) is 30.4 Å². The quantitative estimate of drug-likeness (QED) is 0.913. The summed E-state index contributed by atoms with van der Waals surface area (Å²) in [6.07, 6.45) is 1.69. The fourth-order valence-corrected chi connectivity index (χ4v) is 1.88. The van der Waals surface area contributed by atoms with Gasteiger partial charge >= 0.3 is 0 Å². The van der Waals surface area contributed by atoms with Crippen molar-refractivity contribution in [3.8, 4) is 5.88 Å². The average molecular weight is 281 g/mol. The van der Waals surface area contributed by atoms with Crippen molar-refractivity contribution >= 4 is 11.6 Å². The van der Waals surface area contributed by atoms with Crippen molar-refractivity contribution in [2.24, 2.45) is 0 Å². The molecule has 1 aromatic carbocycles. The Morgan fingerprint density at radius 1 is 1.26 bits per heavy atom. The summed E-state index contributed by atoms with van der Waals surface area (Å²) in [5, 5.41) is 3.76. The van der Waals surface area contributed by atoms with E-state index in [4.69, 9.17) is 16.3 Å². The molecule has 0 spiro atoms. The molecule has 0 aliphatic rings. The van der Waals surface area contributed by atoms with Crippen LogP contribution in [0.5, 0.6) is 5.88 Å². The third-order valence-electron chi connectivity index (χ3n) is 2.66. The Hall–Kier alpha value is -1.65. The van der Waals surface area contributed by atoms with Crippen LogP contribution >= 0.6 is 11.6 Å². The molecule has 0 saturated carbocycles. The number of ether oxygens (including phenoxy) is 1. The highest BCUT2D eigenvalue weighted by Crippen LogP contribution is 2.17. The zero-order valence-corrected chi connectivity index (χ0v) is 11.2. The van der Waals surface area contributed by atoms with Gasteiger partial charge in [-0.05, 0) is 35.4 Å². The Balaban J connectivity index is 1.94. The van der Waals surface area contributed by atoms with Crippen LogP contribution in [0.2, 0.25) is 5.02 Å². The van der Waals surface area contributed by atoms with Crippen LogP contribution in [0.1, 0.15) is 11.1 Å². The van der Waals surface area contributed by atoms with E-state index in [2.05, 4.69) is 10.3 Å². The monoisotopic (exact) mass is 280 g/mol.